The van der Waals surface area contributed by atoms with Gasteiger partial charge in [-0.05, 0) is 19.8 Å². The van der Waals surface area contributed by atoms with Gasteiger partial charge in [-0.2, -0.15) is 0 Å². The smallest absolute Gasteiger partial charge is 0.167 e. The number of rotatable bonds is 8. The van der Waals surface area contributed by atoms with Crippen molar-refractivity contribution in [2.45, 2.75) is 33.6 Å². The van der Waals surface area contributed by atoms with Crippen molar-refractivity contribution in [1.82, 2.24) is 0 Å². The molecule has 0 saturated heterocycles. The van der Waals surface area contributed by atoms with Crippen LogP contribution < -0.4 is 15.8 Å². The quantitative estimate of drug-likeness (QED) is 0.642. The molecule has 0 amide bonds. The number of benzene rings is 1. The number of hydrogen-bond donors (Lipinski definition) is 3. The van der Waals surface area contributed by atoms with Gasteiger partial charge in [-0.3, -0.25) is 0 Å². The first-order valence-electron chi connectivity index (χ1n) is 7.08. The molecule has 1 aromatic rings. The van der Waals surface area contributed by atoms with Crippen LogP contribution in [0, 0.1) is 11.2 Å². The third-order valence-electron chi connectivity index (χ3n) is 3.89. The lowest BCUT2D eigenvalue weighted by atomic mass is 9.83. The largest absolute Gasteiger partial charge is 0.491 e. The van der Waals surface area contributed by atoms with E-state index in [0.717, 1.165) is 12.8 Å². The molecular formula is C15H25FN2O2. The summed E-state index contributed by atoms with van der Waals surface area (Å²) in [5, 5.41) is 12.8. The molecule has 0 aliphatic rings. The fraction of sp³-hybridized carbons (Fsp3) is 0.600. The first-order chi connectivity index (χ1) is 9.51. The van der Waals surface area contributed by atoms with Crippen molar-refractivity contribution >= 4 is 11.4 Å². The van der Waals surface area contributed by atoms with Gasteiger partial charge in [-0.1, -0.05) is 13.8 Å². The van der Waals surface area contributed by atoms with Crippen molar-refractivity contribution in [3.05, 3.63) is 17.9 Å². The molecule has 1 rings (SSSR count). The van der Waals surface area contributed by atoms with Crippen molar-refractivity contribution < 1.29 is 14.2 Å². The summed E-state index contributed by atoms with van der Waals surface area (Å²) in [5.41, 5.74) is 6.60. The Morgan fingerprint density at radius 2 is 1.95 bits per heavy atom. The normalized spacial score (nSPS) is 11.4. The Morgan fingerprint density at radius 3 is 2.45 bits per heavy atom. The second-order valence-corrected chi connectivity index (χ2v) is 5.02. The van der Waals surface area contributed by atoms with Gasteiger partial charge in [-0.25, -0.2) is 4.39 Å². The zero-order valence-electron chi connectivity index (χ0n) is 12.5. The Kier molecular flexibility index (Phi) is 6.07. The number of ether oxygens (including phenoxy) is 1. The SMILES string of the molecule is CCOc1cc(NCC(CC)(CC)CO)c(N)cc1F. The summed E-state index contributed by atoms with van der Waals surface area (Å²) >= 11 is 0. The topological polar surface area (TPSA) is 67.5 Å². The van der Waals surface area contributed by atoms with Crippen molar-refractivity contribution in [2.75, 3.05) is 30.8 Å². The highest BCUT2D eigenvalue weighted by Crippen LogP contribution is 2.31. The maximum absolute atomic E-state index is 13.6. The van der Waals surface area contributed by atoms with Crippen LogP contribution in [-0.2, 0) is 0 Å². The van der Waals surface area contributed by atoms with Gasteiger partial charge in [0.25, 0.3) is 0 Å². The Hall–Kier alpha value is -1.49. The van der Waals surface area contributed by atoms with E-state index in [9.17, 15) is 9.50 Å². The molecule has 0 atom stereocenters. The Labute approximate surface area is 120 Å². The van der Waals surface area contributed by atoms with Gasteiger partial charge >= 0.3 is 0 Å². The Balaban J connectivity index is 2.89. The number of anilines is 2. The third-order valence-corrected chi connectivity index (χ3v) is 3.89. The highest BCUT2D eigenvalue weighted by Gasteiger charge is 2.25. The second-order valence-electron chi connectivity index (χ2n) is 5.02. The van der Waals surface area contributed by atoms with Crippen molar-refractivity contribution in [1.29, 1.82) is 0 Å². The van der Waals surface area contributed by atoms with E-state index in [0.29, 0.717) is 24.5 Å². The molecule has 114 valence electrons. The number of aliphatic hydroxyl groups is 1. The molecule has 0 heterocycles. The van der Waals surface area contributed by atoms with E-state index in [1.165, 1.54) is 6.07 Å². The Morgan fingerprint density at radius 1 is 1.30 bits per heavy atom. The number of nitrogens with one attached hydrogen (secondary N) is 1. The van der Waals surface area contributed by atoms with Gasteiger partial charge in [-0.15, -0.1) is 0 Å². The summed E-state index contributed by atoms with van der Waals surface area (Å²) in [6.45, 7) is 6.96. The maximum Gasteiger partial charge on any atom is 0.167 e. The van der Waals surface area contributed by atoms with Crippen LogP contribution in [0.3, 0.4) is 0 Å². The van der Waals surface area contributed by atoms with E-state index in [4.69, 9.17) is 10.5 Å². The number of aliphatic hydroxyl groups excluding tert-OH is 1. The van der Waals surface area contributed by atoms with Crippen LogP contribution in [-0.4, -0.2) is 24.9 Å². The monoisotopic (exact) mass is 284 g/mol. The molecule has 0 unspecified atom stereocenters. The first kappa shape index (κ1) is 16.6. The van der Waals surface area contributed by atoms with Gasteiger partial charge in [0.15, 0.2) is 11.6 Å². The molecule has 0 bridgehead atoms. The van der Waals surface area contributed by atoms with Gasteiger partial charge < -0.3 is 20.9 Å². The minimum absolute atomic E-state index is 0.104. The fourth-order valence-electron chi connectivity index (χ4n) is 2.05. The predicted octanol–water partition coefficient (Wildman–Crippen LogP) is 3.02. The van der Waals surface area contributed by atoms with Crippen molar-refractivity contribution in [3.8, 4) is 5.75 Å². The molecule has 0 fully saturated rings. The number of halogens is 1. The molecule has 0 spiro atoms. The third kappa shape index (κ3) is 3.76. The summed E-state index contributed by atoms with van der Waals surface area (Å²) < 4.78 is 18.8. The lowest BCUT2D eigenvalue weighted by Crippen LogP contribution is -2.32. The van der Waals surface area contributed by atoms with Gasteiger partial charge in [0.2, 0.25) is 0 Å². The number of hydrogen-bond acceptors (Lipinski definition) is 4. The summed E-state index contributed by atoms with van der Waals surface area (Å²) in [5.74, 6) is -0.277. The molecule has 0 saturated carbocycles. The molecule has 20 heavy (non-hydrogen) atoms. The Bertz CT molecular complexity index is 426. The summed E-state index contributed by atoms with van der Waals surface area (Å²) in [6, 6.07) is 2.83. The van der Waals surface area contributed by atoms with Crippen molar-refractivity contribution in [2.24, 2.45) is 5.41 Å². The first-order valence-corrected chi connectivity index (χ1v) is 7.08. The van der Waals surface area contributed by atoms with Gasteiger partial charge in [0.05, 0.1) is 24.6 Å². The number of nitrogen functional groups attached to an aromatic ring is 1. The van der Waals surface area contributed by atoms with Crippen LogP contribution >= 0.6 is 0 Å². The highest BCUT2D eigenvalue weighted by molar-refractivity contribution is 5.68. The molecule has 0 aliphatic carbocycles. The van der Waals surface area contributed by atoms with Crippen LogP contribution in [0.1, 0.15) is 33.6 Å². The lowest BCUT2D eigenvalue weighted by Gasteiger charge is -2.30. The minimum Gasteiger partial charge on any atom is -0.491 e. The van der Waals surface area contributed by atoms with E-state index in [-0.39, 0.29) is 17.8 Å². The molecule has 0 radical (unpaired) electrons. The molecule has 4 nitrogen and oxygen atoms in total. The maximum atomic E-state index is 13.6. The van der Waals surface area contributed by atoms with Crippen LogP contribution in [0.5, 0.6) is 5.75 Å². The molecular weight excluding hydrogens is 259 g/mol. The summed E-state index contributed by atoms with van der Waals surface area (Å²) in [4.78, 5) is 0. The van der Waals surface area contributed by atoms with Gasteiger partial charge in [0.1, 0.15) is 0 Å². The molecule has 1 aromatic carbocycles. The van der Waals surface area contributed by atoms with Gasteiger partial charge in [0, 0.05) is 24.1 Å². The standard InChI is InChI=1S/C15H25FN2O2/c1-4-15(5-2,10-19)9-18-13-8-14(20-6-3)11(16)7-12(13)17/h7-8,18-19H,4-6,9-10,17H2,1-3H3. The molecule has 0 aromatic heterocycles. The predicted molar refractivity (Wildman–Crippen MR) is 80.6 cm³/mol. The minimum atomic E-state index is -0.464. The average Bonchev–Trinajstić information content (AvgIpc) is 2.45. The van der Waals surface area contributed by atoms with Crippen LogP contribution in [0.15, 0.2) is 12.1 Å². The van der Waals surface area contributed by atoms with Crippen LogP contribution in [0.2, 0.25) is 0 Å². The molecule has 0 aliphatic heterocycles. The van der Waals surface area contributed by atoms with Crippen LogP contribution in [0.25, 0.3) is 0 Å². The molecule has 4 N–H and O–H groups in total. The lowest BCUT2D eigenvalue weighted by molar-refractivity contribution is 0.127. The summed E-state index contributed by atoms with van der Waals surface area (Å²) in [7, 11) is 0. The van der Waals surface area contributed by atoms with E-state index in [2.05, 4.69) is 5.32 Å². The fourth-order valence-corrected chi connectivity index (χ4v) is 2.05. The second kappa shape index (κ2) is 7.33. The summed E-state index contributed by atoms with van der Waals surface area (Å²) in [6.07, 6.45) is 1.71. The number of nitrogens with two attached hydrogens (primary N) is 1. The van der Waals surface area contributed by atoms with E-state index in [1.807, 2.05) is 13.8 Å². The van der Waals surface area contributed by atoms with Crippen LogP contribution in [0.4, 0.5) is 15.8 Å². The zero-order chi connectivity index (χ0) is 15.2. The highest BCUT2D eigenvalue weighted by atomic mass is 19.1. The van der Waals surface area contributed by atoms with E-state index >= 15 is 0 Å². The van der Waals surface area contributed by atoms with Crippen molar-refractivity contribution in [3.63, 3.8) is 0 Å². The van der Waals surface area contributed by atoms with E-state index < -0.39 is 5.82 Å². The average molecular weight is 284 g/mol. The molecule has 5 heteroatoms. The van der Waals surface area contributed by atoms with E-state index in [1.54, 1.807) is 13.0 Å². The zero-order valence-corrected chi connectivity index (χ0v) is 12.5.